The third-order valence-corrected chi connectivity index (χ3v) is 3.64. The molecule has 1 aliphatic rings. The molecule has 2 heteroatoms. The van der Waals surface area contributed by atoms with Gasteiger partial charge in [0, 0.05) is 36.1 Å². The maximum atomic E-state index is 3.59. The van der Waals surface area contributed by atoms with Crippen LogP contribution in [0.2, 0.25) is 0 Å². The molecule has 1 aromatic heterocycles. The zero-order valence-corrected chi connectivity index (χ0v) is 10.0. The minimum Gasteiger partial charge on any atom is -0.358 e. The first-order valence-electron chi connectivity index (χ1n) is 6.02. The molecule has 2 aromatic rings. The molecule has 0 saturated carbocycles. The zero-order valence-electron chi connectivity index (χ0n) is 10.0. The number of aromatic nitrogens is 1. The number of hydrogen-bond donors (Lipinski definition) is 1. The first-order chi connectivity index (χ1) is 7.74. The standard InChI is InChI=1S/C14H18N2/c1-10-3-4-11-12-5-7-16(2)8-6-13(12)15-14(11)9-10/h3-4,9,15H,5-8H2,1-2H3. The summed E-state index contributed by atoms with van der Waals surface area (Å²) < 4.78 is 0. The van der Waals surface area contributed by atoms with Gasteiger partial charge in [-0.1, -0.05) is 12.1 Å². The number of rotatable bonds is 0. The van der Waals surface area contributed by atoms with Crippen LogP contribution in [0.3, 0.4) is 0 Å². The van der Waals surface area contributed by atoms with Gasteiger partial charge in [0.25, 0.3) is 0 Å². The first-order valence-corrected chi connectivity index (χ1v) is 6.02. The Morgan fingerprint density at radius 2 is 2.00 bits per heavy atom. The Morgan fingerprint density at radius 1 is 1.19 bits per heavy atom. The van der Waals surface area contributed by atoms with Gasteiger partial charge in [0.1, 0.15) is 0 Å². The van der Waals surface area contributed by atoms with Crippen molar-refractivity contribution >= 4 is 10.9 Å². The van der Waals surface area contributed by atoms with Crippen molar-refractivity contribution in [3.05, 3.63) is 35.0 Å². The molecule has 1 aromatic carbocycles. The molecule has 0 amide bonds. The van der Waals surface area contributed by atoms with E-state index in [9.17, 15) is 0 Å². The van der Waals surface area contributed by atoms with Crippen molar-refractivity contribution in [2.45, 2.75) is 19.8 Å². The van der Waals surface area contributed by atoms with Crippen LogP contribution in [-0.2, 0) is 12.8 Å². The molecule has 1 N–H and O–H groups in total. The van der Waals surface area contributed by atoms with Gasteiger partial charge in [-0.05, 0) is 37.6 Å². The predicted molar refractivity (Wildman–Crippen MR) is 67.9 cm³/mol. The number of aromatic amines is 1. The van der Waals surface area contributed by atoms with Crippen molar-refractivity contribution in [3.63, 3.8) is 0 Å². The summed E-state index contributed by atoms with van der Waals surface area (Å²) in [7, 11) is 2.21. The van der Waals surface area contributed by atoms with E-state index in [2.05, 4.69) is 42.1 Å². The molecule has 0 fully saturated rings. The van der Waals surface area contributed by atoms with Gasteiger partial charge in [-0.2, -0.15) is 0 Å². The Bertz CT molecular complexity index is 525. The molecule has 0 unspecified atom stereocenters. The lowest BCUT2D eigenvalue weighted by molar-refractivity contribution is 0.352. The molecular weight excluding hydrogens is 196 g/mol. The van der Waals surface area contributed by atoms with Crippen LogP contribution in [0.15, 0.2) is 18.2 Å². The average molecular weight is 214 g/mol. The summed E-state index contributed by atoms with van der Waals surface area (Å²) in [4.78, 5) is 6.00. The Hall–Kier alpha value is -1.28. The first kappa shape index (κ1) is 9.91. The van der Waals surface area contributed by atoms with Crippen molar-refractivity contribution in [2.24, 2.45) is 0 Å². The molecule has 84 valence electrons. The number of hydrogen-bond acceptors (Lipinski definition) is 1. The van der Waals surface area contributed by atoms with E-state index < -0.39 is 0 Å². The van der Waals surface area contributed by atoms with Crippen LogP contribution < -0.4 is 0 Å². The fourth-order valence-corrected chi connectivity index (χ4v) is 2.64. The minimum atomic E-state index is 1.15. The van der Waals surface area contributed by atoms with Crippen molar-refractivity contribution in [3.8, 4) is 0 Å². The second-order valence-electron chi connectivity index (χ2n) is 4.93. The van der Waals surface area contributed by atoms with E-state index >= 15 is 0 Å². The SMILES string of the molecule is Cc1ccc2c3c([nH]c2c1)CCN(C)CC3. The minimum absolute atomic E-state index is 1.15. The molecule has 0 bridgehead atoms. The fourth-order valence-electron chi connectivity index (χ4n) is 2.64. The quantitative estimate of drug-likeness (QED) is 0.714. The van der Waals surface area contributed by atoms with Gasteiger partial charge in [-0.15, -0.1) is 0 Å². The van der Waals surface area contributed by atoms with Crippen LogP contribution in [0.25, 0.3) is 10.9 Å². The summed E-state index contributed by atoms with van der Waals surface area (Å²) in [6, 6.07) is 6.74. The molecule has 0 spiro atoms. The maximum Gasteiger partial charge on any atom is 0.0461 e. The number of aryl methyl sites for hydroxylation is 1. The number of nitrogens with one attached hydrogen (secondary N) is 1. The fraction of sp³-hybridized carbons (Fsp3) is 0.429. The molecule has 0 atom stereocenters. The molecule has 2 heterocycles. The number of fused-ring (bicyclic) bond motifs is 3. The lowest BCUT2D eigenvalue weighted by Crippen LogP contribution is -2.21. The van der Waals surface area contributed by atoms with E-state index in [4.69, 9.17) is 0 Å². The van der Waals surface area contributed by atoms with Gasteiger partial charge in [0.05, 0.1) is 0 Å². The van der Waals surface area contributed by atoms with Crippen molar-refractivity contribution in [2.75, 3.05) is 20.1 Å². The molecule has 0 saturated heterocycles. The normalized spacial score (nSPS) is 17.4. The van der Waals surface area contributed by atoms with Crippen LogP contribution in [0.4, 0.5) is 0 Å². The summed E-state index contributed by atoms with van der Waals surface area (Å²) in [5.41, 5.74) is 5.64. The molecule has 16 heavy (non-hydrogen) atoms. The van der Waals surface area contributed by atoms with E-state index in [1.807, 2.05) is 0 Å². The van der Waals surface area contributed by atoms with Crippen molar-refractivity contribution in [1.29, 1.82) is 0 Å². The highest BCUT2D eigenvalue weighted by Crippen LogP contribution is 2.26. The summed E-state index contributed by atoms with van der Waals surface area (Å²) in [5.74, 6) is 0. The average Bonchev–Trinajstić information content (AvgIpc) is 2.50. The summed E-state index contributed by atoms with van der Waals surface area (Å²) >= 11 is 0. The van der Waals surface area contributed by atoms with E-state index in [1.54, 1.807) is 5.56 Å². The van der Waals surface area contributed by atoms with Gasteiger partial charge in [-0.25, -0.2) is 0 Å². The molecule has 3 rings (SSSR count). The van der Waals surface area contributed by atoms with Crippen LogP contribution >= 0.6 is 0 Å². The van der Waals surface area contributed by atoms with Gasteiger partial charge in [-0.3, -0.25) is 0 Å². The van der Waals surface area contributed by atoms with Gasteiger partial charge in [0.2, 0.25) is 0 Å². The Balaban J connectivity index is 2.15. The lowest BCUT2D eigenvalue weighted by Gasteiger charge is -2.11. The smallest absolute Gasteiger partial charge is 0.0461 e. The van der Waals surface area contributed by atoms with E-state index in [0.717, 1.165) is 6.42 Å². The van der Waals surface area contributed by atoms with Crippen LogP contribution in [0.1, 0.15) is 16.8 Å². The zero-order chi connectivity index (χ0) is 11.1. The van der Waals surface area contributed by atoms with Crippen LogP contribution in [0.5, 0.6) is 0 Å². The monoisotopic (exact) mass is 214 g/mol. The lowest BCUT2D eigenvalue weighted by atomic mass is 10.1. The van der Waals surface area contributed by atoms with E-state index in [0.29, 0.717) is 0 Å². The van der Waals surface area contributed by atoms with Gasteiger partial charge >= 0.3 is 0 Å². The number of benzene rings is 1. The highest BCUT2D eigenvalue weighted by atomic mass is 15.1. The Morgan fingerprint density at radius 3 is 2.88 bits per heavy atom. The number of likely N-dealkylation sites (N-methyl/N-ethyl adjacent to an activating group) is 1. The Kier molecular flexibility index (Phi) is 2.25. The second kappa shape index (κ2) is 3.63. The van der Waals surface area contributed by atoms with Crippen molar-refractivity contribution in [1.82, 2.24) is 9.88 Å². The molecule has 1 aliphatic heterocycles. The predicted octanol–water partition coefficient (Wildman–Crippen LogP) is 2.51. The van der Waals surface area contributed by atoms with Gasteiger partial charge in [0.15, 0.2) is 0 Å². The number of nitrogens with zero attached hydrogens (tertiary/aromatic N) is 1. The third-order valence-electron chi connectivity index (χ3n) is 3.64. The van der Waals surface area contributed by atoms with Crippen LogP contribution in [-0.4, -0.2) is 30.0 Å². The van der Waals surface area contributed by atoms with E-state index in [1.165, 1.54) is 41.7 Å². The van der Waals surface area contributed by atoms with Gasteiger partial charge < -0.3 is 9.88 Å². The second-order valence-corrected chi connectivity index (χ2v) is 4.93. The summed E-state index contributed by atoms with van der Waals surface area (Å²) in [5, 5.41) is 1.43. The molecular formula is C14H18N2. The topological polar surface area (TPSA) is 19.0 Å². The highest BCUT2D eigenvalue weighted by Gasteiger charge is 2.15. The highest BCUT2D eigenvalue weighted by molar-refractivity contribution is 5.85. The molecule has 0 radical (unpaired) electrons. The number of H-pyrrole nitrogens is 1. The summed E-state index contributed by atoms with van der Waals surface area (Å²) in [6.07, 6.45) is 2.33. The van der Waals surface area contributed by atoms with E-state index in [-0.39, 0.29) is 0 Å². The largest absolute Gasteiger partial charge is 0.358 e. The van der Waals surface area contributed by atoms with Crippen molar-refractivity contribution < 1.29 is 0 Å². The summed E-state index contributed by atoms with van der Waals surface area (Å²) in [6.45, 7) is 4.49. The third kappa shape index (κ3) is 1.54. The van der Waals surface area contributed by atoms with Crippen LogP contribution in [0, 0.1) is 6.92 Å². The molecule has 0 aliphatic carbocycles. The maximum absolute atomic E-state index is 3.59. The Labute approximate surface area is 96.3 Å². The molecule has 2 nitrogen and oxygen atoms in total.